The van der Waals surface area contributed by atoms with Gasteiger partial charge in [-0.15, -0.1) is 0 Å². The summed E-state index contributed by atoms with van der Waals surface area (Å²) >= 11 is 5.77. The number of carboxylic acids is 1. The standard InChI is InChI=1S/C17H14ClNO4/c1-23-15-5-3-2-4-11(15)6-9-16(20)19-14-8-7-12(18)10-13(14)17(21)22/h2-10H,1H3,(H,19,20)(H,21,22). The van der Waals surface area contributed by atoms with E-state index in [0.717, 1.165) is 5.56 Å². The molecule has 0 aromatic heterocycles. The number of halogens is 1. The third-order valence-electron chi connectivity index (χ3n) is 3.02. The van der Waals surface area contributed by atoms with Crippen LogP contribution in [0.25, 0.3) is 6.08 Å². The van der Waals surface area contributed by atoms with Crippen LogP contribution >= 0.6 is 11.6 Å². The summed E-state index contributed by atoms with van der Waals surface area (Å²) in [6, 6.07) is 11.5. The fraction of sp³-hybridized carbons (Fsp3) is 0.0588. The van der Waals surface area contributed by atoms with Gasteiger partial charge in [0.2, 0.25) is 5.91 Å². The Kier molecular flexibility index (Phi) is 5.38. The van der Waals surface area contributed by atoms with Gasteiger partial charge in [-0.2, -0.15) is 0 Å². The number of carbonyl (C=O) groups excluding carboxylic acids is 1. The Morgan fingerprint density at radius 2 is 1.96 bits per heavy atom. The molecule has 6 heteroatoms. The Morgan fingerprint density at radius 3 is 2.65 bits per heavy atom. The van der Waals surface area contributed by atoms with Crippen LogP contribution in [0, 0.1) is 0 Å². The van der Waals surface area contributed by atoms with Crippen molar-refractivity contribution in [3.8, 4) is 5.75 Å². The van der Waals surface area contributed by atoms with Gasteiger partial charge in [0, 0.05) is 16.7 Å². The summed E-state index contributed by atoms with van der Waals surface area (Å²) in [5.41, 5.74) is 0.841. The largest absolute Gasteiger partial charge is 0.496 e. The number of ether oxygens (including phenoxy) is 1. The summed E-state index contributed by atoms with van der Waals surface area (Å²) in [6.45, 7) is 0. The second-order valence-corrected chi connectivity index (χ2v) is 5.00. The van der Waals surface area contributed by atoms with Gasteiger partial charge in [0.05, 0.1) is 18.4 Å². The summed E-state index contributed by atoms with van der Waals surface area (Å²) in [6.07, 6.45) is 2.89. The fourth-order valence-corrected chi connectivity index (χ4v) is 2.12. The van der Waals surface area contributed by atoms with Gasteiger partial charge in [-0.1, -0.05) is 29.8 Å². The minimum Gasteiger partial charge on any atom is -0.496 e. The van der Waals surface area contributed by atoms with Crippen molar-refractivity contribution in [3.63, 3.8) is 0 Å². The number of carboxylic acid groups (broad SMARTS) is 1. The average molecular weight is 332 g/mol. The summed E-state index contributed by atoms with van der Waals surface area (Å²) in [5, 5.41) is 11.9. The molecule has 2 N–H and O–H groups in total. The van der Waals surface area contributed by atoms with E-state index in [9.17, 15) is 9.59 Å². The Bertz CT molecular complexity index is 771. The summed E-state index contributed by atoms with van der Waals surface area (Å²) in [5.74, 6) is -0.994. The molecular weight excluding hydrogens is 318 g/mol. The summed E-state index contributed by atoms with van der Waals surface area (Å²) < 4.78 is 5.18. The van der Waals surface area contributed by atoms with Crippen LogP contribution in [0.5, 0.6) is 5.75 Å². The maximum absolute atomic E-state index is 12.0. The van der Waals surface area contributed by atoms with Crippen LogP contribution in [0.15, 0.2) is 48.5 Å². The highest BCUT2D eigenvalue weighted by Gasteiger charge is 2.12. The Morgan fingerprint density at radius 1 is 1.22 bits per heavy atom. The molecule has 5 nitrogen and oxygen atoms in total. The van der Waals surface area contributed by atoms with Gasteiger partial charge < -0.3 is 15.2 Å². The number of nitrogens with one attached hydrogen (secondary N) is 1. The number of carbonyl (C=O) groups is 2. The first-order valence-electron chi connectivity index (χ1n) is 6.66. The SMILES string of the molecule is COc1ccccc1C=CC(=O)Nc1ccc(Cl)cc1C(=O)O. The molecule has 0 spiro atoms. The maximum Gasteiger partial charge on any atom is 0.337 e. The van der Waals surface area contributed by atoms with Crippen molar-refractivity contribution in [2.75, 3.05) is 12.4 Å². The fourth-order valence-electron chi connectivity index (χ4n) is 1.95. The van der Waals surface area contributed by atoms with Gasteiger partial charge >= 0.3 is 5.97 Å². The molecule has 0 bridgehead atoms. The molecule has 0 aliphatic carbocycles. The van der Waals surface area contributed by atoms with Gasteiger partial charge in [-0.3, -0.25) is 4.79 Å². The first kappa shape index (κ1) is 16.6. The molecular formula is C17H14ClNO4. The van der Waals surface area contributed by atoms with Crippen LogP contribution < -0.4 is 10.1 Å². The number of aromatic carboxylic acids is 1. The molecule has 0 fully saturated rings. The van der Waals surface area contributed by atoms with Crippen molar-refractivity contribution in [1.29, 1.82) is 0 Å². The van der Waals surface area contributed by atoms with E-state index in [4.69, 9.17) is 21.4 Å². The van der Waals surface area contributed by atoms with Crippen molar-refractivity contribution >= 4 is 35.2 Å². The zero-order valence-corrected chi connectivity index (χ0v) is 13.0. The minimum absolute atomic E-state index is 0.0726. The Hall–Kier alpha value is -2.79. The molecule has 1 amide bonds. The molecule has 0 aliphatic heterocycles. The molecule has 2 aromatic carbocycles. The van der Waals surface area contributed by atoms with E-state index in [0.29, 0.717) is 5.75 Å². The van der Waals surface area contributed by atoms with Gasteiger partial charge in [0.25, 0.3) is 0 Å². The average Bonchev–Trinajstić information content (AvgIpc) is 2.54. The molecule has 23 heavy (non-hydrogen) atoms. The normalized spacial score (nSPS) is 10.5. The smallest absolute Gasteiger partial charge is 0.337 e. The highest BCUT2D eigenvalue weighted by Crippen LogP contribution is 2.21. The number of para-hydroxylation sites is 1. The molecule has 2 rings (SSSR count). The minimum atomic E-state index is -1.17. The highest BCUT2D eigenvalue weighted by molar-refractivity contribution is 6.31. The van der Waals surface area contributed by atoms with Gasteiger partial charge in [0.15, 0.2) is 0 Å². The number of hydrogen-bond donors (Lipinski definition) is 2. The molecule has 0 saturated heterocycles. The molecule has 0 radical (unpaired) electrons. The predicted molar refractivity (Wildman–Crippen MR) is 89.1 cm³/mol. The monoisotopic (exact) mass is 331 g/mol. The van der Waals surface area contributed by atoms with E-state index in [1.165, 1.54) is 24.3 Å². The molecule has 0 aliphatic rings. The summed E-state index contributed by atoms with van der Waals surface area (Å²) in [4.78, 5) is 23.2. The van der Waals surface area contributed by atoms with Crippen molar-refractivity contribution < 1.29 is 19.4 Å². The van der Waals surface area contributed by atoms with Gasteiger partial charge in [0.1, 0.15) is 5.75 Å². The molecule has 118 valence electrons. The van der Waals surface area contributed by atoms with Crippen LogP contribution in [-0.4, -0.2) is 24.1 Å². The number of benzene rings is 2. The van der Waals surface area contributed by atoms with Crippen molar-refractivity contribution in [3.05, 3.63) is 64.7 Å². The third kappa shape index (κ3) is 4.34. The van der Waals surface area contributed by atoms with E-state index in [1.54, 1.807) is 25.3 Å². The topological polar surface area (TPSA) is 75.6 Å². The van der Waals surface area contributed by atoms with Crippen LogP contribution in [0.4, 0.5) is 5.69 Å². The number of anilines is 1. The Balaban J connectivity index is 2.17. The van der Waals surface area contributed by atoms with Crippen LogP contribution in [0.1, 0.15) is 15.9 Å². The van der Waals surface area contributed by atoms with E-state index in [2.05, 4.69) is 5.32 Å². The van der Waals surface area contributed by atoms with Gasteiger partial charge in [-0.25, -0.2) is 4.79 Å². The lowest BCUT2D eigenvalue weighted by molar-refractivity contribution is -0.111. The number of hydrogen-bond acceptors (Lipinski definition) is 3. The zero-order valence-electron chi connectivity index (χ0n) is 12.2. The number of methoxy groups -OCH3 is 1. The zero-order chi connectivity index (χ0) is 16.8. The van der Waals surface area contributed by atoms with E-state index in [1.807, 2.05) is 12.1 Å². The van der Waals surface area contributed by atoms with Crippen LogP contribution in [0.2, 0.25) is 5.02 Å². The second kappa shape index (κ2) is 7.47. The van der Waals surface area contributed by atoms with Crippen LogP contribution in [-0.2, 0) is 4.79 Å². The lowest BCUT2D eigenvalue weighted by Gasteiger charge is -2.07. The number of rotatable bonds is 5. The second-order valence-electron chi connectivity index (χ2n) is 4.56. The molecule has 0 atom stereocenters. The third-order valence-corrected chi connectivity index (χ3v) is 3.26. The lowest BCUT2D eigenvalue weighted by Crippen LogP contribution is -2.12. The quantitative estimate of drug-likeness (QED) is 0.819. The van der Waals surface area contributed by atoms with Crippen LogP contribution in [0.3, 0.4) is 0 Å². The highest BCUT2D eigenvalue weighted by atomic mass is 35.5. The van der Waals surface area contributed by atoms with Crippen molar-refractivity contribution in [2.24, 2.45) is 0 Å². The summed E-state index contributed by atoms with van der Waals surface area (Å²) in [7, 11) is 1.54. The Labute approximate surface area is 138 Å². The maximum atomic E-state index is 12.0. The molecule has 2 aromatic rings. The molecule has 0 saturated carbocycles. The van der Waals surface area contributed by atoms with E-state index < -0.39 is 11.9 Å². The number of amides is 1. The molecule has 0 heterocycles. The lowest BCUT2D eigenvalue weighted by atomic mass is 10.1. The van der Waals surface area contributed by atoms with Gasteiger partial charge in [-0.05, 0) is 30.3 Å². The predicted octanol–water partition coefficient (Wildman–Crippen LogP) is 3.70. The molecule has 0 unspecified atom stereocenters. The first-order valence-corrected chi connectivity index (χ1v) is 7.04. The van der Waals surface area contributed by atoms with E-state index in [-0.39, 0.29) is 16.3 Å². The van der Waals surface area contributed by atoms with Crippen molar-refractivity contribution in [1.82, 2.24) is 0 Å². The van der Waals surface area contributed by atoms with E-state index >= 15 is 0 Å². The van der Waals surface area contributed by atoms with Crippen molar-refractivity contribution in [2.45, 2.75) is 0 Å². The first-order chi connectivity index (χ1) is 11.0.